The highest BCUT2D eigenvalue weighted by Crippen LogP contribution is 2.33. The predicted octanol–water partition coefficient (Wildman–Crippen LogP) is 2.48. The minimum atomic E-state index is -0.487. The van der Waals surface area contributed by atoms with Crippen LogP contribution in [-0.4, -0.2) is 29.3 Å². The molecule has 2 aromatic rings. The van der Waals surface area contributed by atoms with Crippen molar-refractivity contribution < 1.29 is 14.7 Å². The number of carbonyl (C=O) groups is 2. The number of amides is 3. The lowest BCUT2D eigenvalue weighted by molar-refractivity contribution is -0.117. The van der Waals surface area contributed by atoms with Crippen LogP contribution in [-0.2, 0) is 4.79 Å². The predicted molar refractivity (Wildman–Crippen MR) is 83.6 cm³/mol. The molecule has 0 aliphatic rings. The van der Waals surface area contributed by atoms with E-state index in [0.717, 1.165) is 15.7 Å². The van der Waals surface area contributed by atoms with Crippen molar-refractivity contribution in [3.05, 3.63) is 36.4 Å². The van der Waals surface area contributed by atoms with Gasteiger partial charge in [-0.1, -0.05) is 24.3 Å². The van der Waals surface area contributed by atoms with Crippen molar-refractivity contribution in [2.45, 2.75) is 11.8 Å². The zero-order valence-electron chi connectivity index (χ0n) is 11.6. The van der Waals surface area contributed by atoms with E-state index in [2.05, 4.69) is 10.6 Å². The molecule has 0 saturated carbocycles. The van der Waals surface area contributed by atoms with Crippen molar-refractivity contribution in [1.29, 1.82) is 0 Å². The second-order valence-electron chi connectivity index (χ2n) is 4.32. The number of benzene rings is 2. The highest BCUT2D eigenvalue weighted by Gasteiger charge is 2.10. The molecule has 6 heteroatoms. The molecule has 0 atom stereocenters. The molecule has 21 heavy (non-hydrogen) atoms. The van der Waals surface area contributed by atoms with Gasteiger partial charge in [0.25, 0.3) is 0 Å². The standard InChI is InChI=1S/C15H16N2O3S/c1-2-16-15(20)17-14(19)9-21-13-8-7-12(18)10-5-3-4-6-11(10)13/h3-8,18H,2,9H2,1H3,(H2,16,17,19,20). The number of thioether (sulfide) groups is 1. The fourth-order valence-corrected chi connectivity index (χ4v) is 2.75. The fraction of sp³-hybridized carbons (Fsp3) is 0.200. The summed E-state index contributed by atoms with van der Waals surface area (Å²) in [4.78, 5) is 23.8. The number of rotatable bonds is 4. The van der Waals surface area contributed by atoms with Crippen LogP contribution in [0.3, 0.4) is 0 Å². The van der Waals surface area contributed by atoms with E-state index in [1.165, 1.54) is 11.8 Å². The monoisotopic (exact) mass is 304 g/mol. The topological polar surface area (TPSA) is 78.4 Å². The normalized spacial score (nSPS) is 10.3. The van der Waals surface area contributed by atoms with Gasteiger partial charge in [-0.25, -0.2) is 4.79 Å². The first-order chi connectivity index (χ1) is 10.1. The molecule has 2 rings (SSSR count). The number of urea groups is 1. The second kappa shape index (κ2) is 6.99. The lowest BCUT2D eigenvalue weighted by Crippen LogP contribution is -2.40. The third kappa shape index (κ3) is 3.88. The minimum absolute atomic E-state index is 0.131. The van der Waals surface area contributed by atoms with E-state index in [1.54, 1.807) is 19.1 Å². The Bertz CT molecular complexity index is 673. The summed E-state index contributed by atoms with van der Waals surface area (Å²) in [5.41, 5.74) is 0. The van der Waals surface area contributed by atoms with Crippen LogP contribution in [0.15, 0.2) is 41.3 Å². The number of phenols is 1. The van der Waals surface area contributed by atoms with Crippen LogP contribution in [0, 0.1) is 0 Å². The van der Waals surface area contributed by atoms with Crippen molar-refractivity contribution in [2.75, 3.05) is 12.3 Å². The van der Waals surface area contributed by atoms with E-state index in [1.807, 2.05) is 24.3 Å². The molecule has 0 heterocycles. The Morgan fingerprint density at radius 3 is 2.57 bits per heavy atom. The third-order valence-electron chi connectivity index (χ3n) is 2.81. The molecule has 0 aliphatic heterocycles. The van der Waals surface area contributed by atoms with E-state index in [0.29, 0.717) is 6.54 Å². The fourth-order valence-electron chi connectivity index (χ4n) is 1.89. The molecule has 2 aromatic carbocycles. The van der Waals surface area contributed by atoms with Gasteiger partial charge in [-0.3, -0.25) is 10.1 Å². The first-order valence-electron chi connectivity index (χ1n) is 6.53. The zero-order valence-corrected chi connectivity index (χ0v) is 12.4. The van der Waals surface area contributed by atoms with Crippen molar-refractivity contribution in [2.24, 2.45) is 0 Å². The van der Waals surface area contributed by atoms with Gasteiger partial charge in [-0.05, 0) is 24.4 Å². The summed E-state index contributed by atoms with van der Waals surface area (Å²) >= 11 is 1.32. The lowest BCUT2D eigenvalue weighted by Gasteiger charge is -2.08. The van der Waals surface area contributed by atoms with Crippen molar-refractivity contribution >= 4 is 34.5 Å². The molecule has 0 aliphatic carbocycles. The summed E-state index contributed by atoms with van der Waals surface area (Å²) in [5, 5.41) is 16.2. The van der Waals surface area contributed by atoms with Crippen LogP contribution in [0.1, 0.15) is 6.92 Å². The van der Waals surface area contributed by atoms with Crippen LogP contribution < -0.4 is 10.6 Å². The van der Waals surface area contributed by atoms with E-state index in [4.69, 9.17) is 0 Å². The molecule has 0 unspecified atom stereocenters. The summed E-state index contributed by atoms with van der Waals surface area (Å²) in [5.74, 6) is -0.0174. The number of imide groups is 1. The maximum Gasteiger partial charge on any atom is 0.321 e. The largest absolute Gasteiger partial charge is 0.507 e. The van der Waals surface area contributed by atoms with Gasteiger partial charge in [0.05, 0.1) is 5.75 Å². The third-order valence-corrected chi connectivity index (χ3v) is 3.88. The smallest absolute Gasteiger partial charge is 0.321 e. The van der Waals surface area contributed by atoms with E-state index in [-0.39, 0.29) is 17.4 Å². The van der Waals surface area contributed by atoms with E-state index >= 15 is 0 Å². The summed E-state index contributed by atoms with van der Waals surface area (Å²) < 4.78 is 0. The van der Waals surface area contributed by atoms with Gasteiger partial charge >= 0.3 is 6.03 Å². The number of fused-ring (bicyclic) bond motifs is 1. The van der Waals surface area contributed by atoms with Gasteiger partial charge in [-0.15, -0.1) is 11.8 Å². The maximum absolute atomic E-state index is 11.7. The highest BCUT2D eigenvalue weighted by atomic mass is 32.2. The van der Waals surface area contributed by atoms with Crippen LogP contribution >= 0.6 is 11.8 Å². The zero-order chi connectivity index (χ0) is 15.2. The van der Waals surface area contributed by atoms with Crippen LogP contribution in [0.2, 0.25) is 0 Å². The average molecular weight is 304 g/mol. The van der Waals surface area contributed by atoms with Crippen molar-refractivity contribution in [1.82, 2.24) is 10.6 Å². The van der Waals surface area contributed by atoms with Crippen molar-refractivity contribution in [3.8, 4) is 5.75 Å². The molecule has 5 nitrogen and oxygen atoms in total. The number of hydrogen-bond donors (Lipinski definition) is 3. The summed E-state index contributed by atoms with van der Waals surface area (Å²) in [6.07, 6.45) is 0. The summed E-state index contributed by atoms with van der Waals surface area (Å²) in [6, 6.07) is 10.3. The first kappa shape index (κ1) is 15.2. The molecule has 0 spiro atoms. The molecular weight excluding hydrogens is 288 g/mol. The van der Waals surface area contributed by atoms with Crippen LogP contribution in [0.5, 0.6) is 5.75 Å². The first-order valence-corrected chi connectivity index (χ1v) is 7.51. The van der Waals surface area contributed by atoms with Crippen LogP contribution in [0.25, 0.3) is 10.8 Å². The molecule has 0 radical (unpaired) electrons. The van der Waals surface area contributed by atoms with E-state index in [9.17, 15) is 14.7 Å². The minimum Gasteiger partial charge on any atom is -0.507 e. The van der Waals surface area contributed by atoms with Gasteiger partial charge in [0.15, 0.2) is 0 Å². The number of phenolic OH excluding ortho intramolecular Hbond substituents is 1. The Morgan fingerprint density at radius 1 is 1.14 bits per heavy atom. The Labute approximate surface area is 126 Å². The summed E-state index contributed by atoms with van der Waals surface area (Å²) in [7, 11) is 0. The average Bonchev–Trinajstić information content (AvgIpc) is 2.47. The number of carbonyl (C=O) groups excluding carboxylic acids is 2. The number of hydrogen-bond acceptors (Lipinski definition) is 4. The molecule has 0 saturated heterocycles. The highest BCUT2D eigenvalue weighted by molar-refractivity contribution is 8.00. The maximum atomic E-state index is 11.7. The molecule has 110 valence electrons. The SMILES string of the molecule is CCNC(=O)NC(=O)CSc1ccc(O)c2ccccc12. The molecule has 0 aromatic heterocycles. The van der Waals surface area contributed by atoms with Crippen LogP contribution in [0.4, 0.5) is 4.79 Å². The second-order valence-corrected chi connectivity index (χ2v) is 5.34. The molecule has 3 N–H and O–H groups in total. The van der Waals surface area contributed by atoms with Gasteiger partial charge in [0, 0.05) is 16.8 Å². The van der Waals surface area contributed by atoms with Crippen molar-refractivity contribution in [3.63, 3.8) is 0 Å². The molecule has 0 bridgehead atoms. The molecule has 0 fully saturated rings. The Kier molecular flexibility index (Phi) is 5.05. The number of aromatic hydroxyl groups is 1. The quantitative estimate of drug-likeness (QED) is 0.758. The van der Waals surface area contributed by atoms with Gasteiger partial charge < -0.3 is 10.4 Å². The Morgan fingerprint density at radius 2 is 1.86 bits per heavy atom. The number of nitrogens with one attached hydrogen (secondary N) is 2. The van der Waals surface area contributed by atoms with E-state index < -0.39 is 6.03 Å². The Balaban J connectivity index is 2.06. The molecular formula is C15H16N2O3S. The lowest BCUT2D eigenvalue weighted by atomic mass is 10.1. The van der Waals surface area contributed by atoms with Gasteiger partial charge in [0.1, 0.15) is 5.75 Å². The van der Waals surface area contributed by atoms with Gasteiger partial charge in [0.2, 0.25) is 5.91 Å². The van der Waals surface area contributed by atoms with Gasteiger partial charge in [-0.2, -0.15) is 0 Å². The molecule has 3 amide bonds. The summed E-state index contributed by atoms with van der Waals surface area (Å²) in [6.45, 7) is 2.25. The Hall–Kier alpha value is -2.21.